The van der Waals surface area contributed by atoms with Gasteiger partial charge < -0.3 is 14.8 Å². The molecule has 9 nitrogen and oxygen atoms in total. The molecule has 3 aliphatic rings. The van der Waals surface area contributed by atoms with Crippen LogP contribution >= 0.6 is 11.6 Å². The van der Waals surface area contributed by atoms with Gasteiger partial charge in [0.25, 0.3) is 17.4 Å². The van der Waals surface area contributed by atoms with Crippen molar-refractivity contribution in [2.45, 2.75) is 0 Å². The second-order valence-electron chi connectivity index (χ2n) is 10.2. The Morgan fingerprint density at radius 3 is 2.05 bits per heavy atom. The van der Waals surface area contributed by atoms with Crippen molar-refractivity contribution >= 4 is 34.4 Å². The van der Waals surface area contributed by atoms with Crippen LogP contribution in [0.15, 0.2) is 59.4 Å². The number of aromatic nitrogens is 4. The molecule has 186 valence electrons. The zero-order valence-corrected chi connectivity index (χ0v) is 20.5. The third-order valence-corrected chi connectivity index (χ3v) is 8.61. The first-order chi connectivity index (χ1) is 18.0. The SMILES string of the molecule is O=C(c1ccc2n[nH]nc2c1)N1C[C@@H]2[C@H](C1)[C@H]1CN(C(=O)c3ccc(-c4ccc(Cl)cc4)c(=O)[nH]3)C[C@@H]21. The number of aromatic amines is 2. The zero-order chi connectivity index (χ0) is 25.3. The molecule has 2 saturated heterocycles. The summed E-state index contributed by atoms with van der Waals surface area (Å²) in [6.07, 6.45) is 0. The summed E-state index contributed by atoms with van der Waals surface area (Å²) < 4.78 is 0. The van der Waals surface area contributed by atoms with Crippen molar-refractivity contribution in [2.24, 2.45) is 23.7 Å². The Morgan fingerprint density at radius 1 is 0.784 bits per heavy atom. The van der Waals surface area contributed by atoms with Crippen LogP contribution in [0.5, 0.6) is 0 Å². The lowest BCUT2D eigenvalue weighted by molar-refractivity contribution is 0.0629. The van der Waals surface area contributed by atoms with Crippen molar-refractivity contribution in [1.29, 1.82) is 0 Å². The normalized spacial score (nSPS) is 24.1. The van der Waals surface area contributed by atoms with Crippen LogP contribution in [0, 0.1) is 23.7 Å². The molecule has 4 atom stereocenters. The molecule has 2 aliphatic heterocycles. The molecule has 1 saturated carbocycles. The van der Waals surface area contributed by atoms with Crippen LogP contribution in [0.1, 0.15) is 20.8 Å². The molecule has 1 aliphatic carbocycles. The van der Waals surface area contributed by atoms with Gasteiger partial charge in [0.05, 0.1) is 0 Å². The van der Waals surface area contributed by atoms with E-state index in [0.717, 1.165) is 11.1 Å². The fourth-order valence-electron chi connectivity index (χ4n) is 6.49. The standard InChI is InChI=1S/C27H23ClN6O3/c28-16-4-1-14(2-5-16)17-6-8-23(29-25(17)35)27(37)34-12-20-18-10-33(11-19(18)21(20)13-34)26(36)15-3-7-22-24(9-15)31-32-30-22/h1-9,18-21H,10-13H2,(H,29,35)(H,30,31,32)/t18-,19+,20+,21-. The van der Waals surface area contributed by atoms with E-state index in [0.29, 0.717) is 77.2 Å². The van der Waals surface area contributed by atoms with E-state index in [1.807, 2.05) is 9.80 Å². The van der Waals surface area contributed by atoms with Gasteiger partial charge in [-0.2, -0.15) is 15.4 Å². The molecule has 2 aromatic carbocycles. The molecule has 7 rings (SSSR count). The molecule has 37 heavy (non-hydrogen) atoms. The number of fused-ring (bicyclic) bond motifs is 5. The van der Waals surface area contributed by atoms with Crippen molar-refractivity contribution < 1.29 is 9.59 Å². The molecule has 3 fully saturated rings. The average molecular weight is 515 g/mol. The third-order valence-electron chi connectivity index (χ3n) is 8.36. The van der Waals surface area contributed by atoms with Crippen LogP contribution < -0.4 is 5.56 Å². The summed E-state index contributed by atoms with van der Waals surface area (Å²) >= 11 is 5.95. The second kappa shape index (κ2) is 8.27. The number of nitrogens with zero attached hydrogens (tertiary/aromatic N) is 4. The quantitative estimate of drug-likeness (QED) is 0.436. The average Bonchev–Trinajstić information content (AvgIpc) is 3.62. The second-order valence-corrected chi connectivity index (χ2v) is 10.7. The van der Waals surface area contributed by atoms with E-state index in [4.69, 9.17) is 11.6 Å². The van der Waals surface area contributed by atoms with Gasteiger partial charge in [-0.25, -0.2) is 0 Å². The predicted octanol–water partition coefficient (Wildman–Crippen LogP) is 3.06. The van der Waals surface area contributed by atoms with Gasteiger partial charge in [-0.05, 0) is 71.7 Å². The smallest absolute Gasteiger partial charge is 0.270 e. The third kappa shape index (κ3) is 3.56. The number of carbonyl (C=O) groups excluding carboxylic acids is 2. The minimum Gasteiger partial charge on any atom is -0.338 e. The molecule has 0 spiro atoms. The first kappa shape index (κ1) is 22.2. The topological polar surface area (TPSA) is 115 Å². The number of hydrogen-bond donors (Lipinski definition) is 2. The van der Waals surface area contributed by atoms with Gasteiger partial charge in [0, 0.05) is 42.3 Å². The highest BCUT2D eigenvalue weighted by Gasteiger charge is 2.59. The van der Waals surface area contributed by atoms with Crippen molar-refractivity contribution in [1.82, 2.24) is 30.2 Å². The molecular formula is C27H23ClN6O3. The Bertz CT molecular complexity index is 1590. The van der Waals surface area contributed by atoms with E-state index >= 15 is 0 Å². The van der Waals surface area contributed by atoms with E-state index in [1.165, 1.54) is 0 Å². The number of rotatable bonds is 3. The van der Waals surface area contributed by atoms with Crippen LogP contribution in [0.2, 0.25) is 5.02 Å². The van der Waals surface area contributed by atoms with Crippen molar-refractivity contribution in [2.75, 3.05) is 26.2 Å². The van der Waals surface area contributed by atoms with Gasteiger partial charge in [-0.3, -0.25) is 14.4 Å². The largest absolute Gasteiger partial charge is 0.338 e. The fraction of sp³-hybridized carbons (Fsp3) is 0.296. The molecule has 0 bridgehead atoms. The summed E-state index contributed by atoms with van der Waals surface area (Å²) in [5, 5.41) is 11.3. The lowest BCUT2D eigenvalue weighted by Crippen LogP contribution is -2.44. The molecule has 2 aromatic heterocycles. The number of pyridine rings is 1. The van der Waals surface area contributed by atoms with Gasteiger partial charge in [-0.15, -0.1) is 0 Å². The minimum absolute atomic E-state index is 0.0173. The summed E-state index contributed by atoms with van der Waals surface area (Å²) in [5.74, 6) is 1.42. The maximum Gasteiger partial charge on any atom is 0.270 e. The number of hydrogen-bond acceptors (Lipinski definition) is 5. The Morgan fingerprint density at radius 2 is 1.41 bits per heavy atom. The number of amides is 2. The summed E-state index contributed by atoms with van der Waals surface area (Å²) in [6.45, 7) is 2.71. The molecule has 0 unspecified atom stereocenters. The Kier molecular flexibility index (Phi) is 4.97. The summed E-state index contributed by atoms with van der Waals surface area (Å²) in [5.41, 5.74) is 3.28. The van der Waals surface area contributed by atoms with Crippen LogP contribution in [-0.2, 0) is 0 Å². The minimum atomic E-state index is -0.301. The number of H-pyrrole nitrogens is 2. The monoisotopic (exact) mass is 514 g/mol. The predicted molar refractivity (Wildman–Crippen MR) is 137 cm³/mol. The number of likely N-dealkylation sites (tertiary alicyclic amines) is 2. The Balaban J connectivity index is 1.02. The van der Waals surface area contributed by atoms with Gasteiger partial charge >= 0.3 is 0 Å². The molecular weight excluding hydrogens is 492 g/mol. The Labute approximate surface area is 216 Å². The van der Waals surface area contributed by atoms with Crippen molar-refractivity contribution in [3.8, 4) is 11.1 Å². The van der Waals surface area contributed by atoms with E-state index < -0.39 is 0 Å². The maximum atomic E-state index is 13.2. The molecule has 2 amide bonds. The highest BCUT2D eigenvalue weighted by molar-refractivity contribution is 6.30. The van der Waals surface area contributed by atoms with Gasteiger partial charge in [0.2, 0.25) is 0 Å². The van der Waals surface area contributed by atoms with Gasteiger partial charge in [0.1, 0.15) is 16.7 Å². The van der Waals surface area contributed by atoms with E-state index in [2.05, 4.69) is 20.4 Å². The number of carbonyl (C=O) groups is 2. The molecule has 4 aromatic rings. The van der Waals surface area contributed by atoms with E-state index in [-0.39, 0.29) is 17.4 Å². The number of nitrogens with one attached hydrogen (secondary N) is 2. The van der Waals surface area contributed by atoms with Crippen LogP contribution in [0.4, 0.5) is 0 Å². The summed E-state index contributed by atoms with van der Waals surface area (Å²) in [6, 6.07) is 15.8. The first-order valence-electron chi connectivity index (χ1n) is 12.3. The van der Waals surface area contributed by atoms with Crippen molar-refractivity contribution in [3.63, 3.8) is 0 Å². The number of benzene rings is 2. The lowest BCUT2D eigenvalue weighted by Gasteiger charge is -2.42. The fourth-order valence-corrected chi connectivity index (χ4v) is 6.61. The number of halogens is 1. The lowest BCUT2D eigenvalue weighted by atomic mass is 9.60. The molecule has 0 radical (unpaired) electrons. The first-order valence-corrected chi connectivity index (χ1v) is 12.7. The molecule has 2 N–H and O–H groups in total. The highest BCUT2D eigenvalue weighted by Crippen LogP contribution is 2.54. The van der Waals surface area contributed by atoms with Crippen molar-refractivity contribution in [3.05, 3.63) is 81.2 Å². The van der Waals surface area contributed by atoms with Crippen LogP contribution in [-0.4, -0.2) is 68.2 Å². The van der Waals surface area contributed by atoms with E-state index in [1.54, 1.807) is 54.6 Å². The molecule has 10 heteroatoms. The summed E-state index contributed by atoms with van der Waals surface area (Å²) in [4.78, 5) is 45.7. The van der Waals surface area contributed by atoms with Gasteiger partial charge in [-0.1, -0.05) is 23.7 Å². The van der Waals surface area contributed by atoms with Gasteiger partial charge in [0.15, 0.2) is 0 Å². The zero-order valence-electron chi connectivity index (χ0n) is 19.7. The highest BCUT2D eigenvalue weighted by atomic mass is 35.5. The Hall–Kier alpha value is -3.98. The summed E-state index contributed by atoms with van der Waals surface area (Å²) in [7, 11) is 0. The van der Waals surface area contributed by atoms with Crippen LogP contribution in [0.3, 0.4) is 0 Å². The maximum absolute atomic E-state index is 13.2. The van der Waals surface area contributed by atoms with Crippen LogP contribution in [0.25, 0.3) is 22.2 Å². The van der Waals surface area contributed by atoms with E-state index in [9.17, 15) is 14.4 Å². The molecule has 4 heterocycles.